The molecule has 0 spiro atoms. The number of H-pyrrole nitrogens is 1. The van der Waals surface area contributed by atoms with E-state index in [4.69, 9.17) is 10.5 Å². The van der Waals surface area contributed by atoms with Crippen molar-refractivity contribution in [1.29, 1.82) is 0 Å². The van der Waals surface area contributed by atoms with Gasteiger partial charge in [-0.1, -0.05) is 42.8 Å². The number of amides is 2. The molecule has 2 unspecified atom stereocenters. The van der Waals surface area contributed by atoms with Crippen LogP contribution < -0.4 is 10.5 Å². The minimum atomic E-state index is -1.69. The van der Waals surface area contributed by atoms with Crippen LogP contribution in [0.25, 0.3) is 10.9 Å². The highest BCUT2D eigenvalue weighted by molar-refractivity contribution is 6.04. The van der Waals surface area contributed by atoms with Crippen molar-refractivity contribution in [2.45, 2.75) is 77.0 Å². The van der Waals surface area contributed by atoms with Gasteiger partial charge in [0.1, 0.15) is 17.3 Å². The number of ketones is 1. The van der Waals surface area contributed by atoms with Crippen LogP contribution in [0.3, 0.4) is 0 Å². The molecule has 3 aromatic rings. The molecule has 5 rings (SSSR count). The summed E-state index contributed by atoms with van der Waals surface area (Å²) >= 11 is 0. The Balaban J connectivity index is 1.55. The first-order valence-corrected chi connectivity index (χ1v) is 15.6. The van der Waals surface area contributed by atoms with E-state index in [9.17, 15) is 14.4 Å². The van der Waals surface area contributed by atoms with Gasteiger partial charge in [-0.15, -0.1) is 0 Å². The van der Waals surface area contributed by atoms with E-state index >= 15 is 0 Å². The summed E-state index contributed by atoms with van der Waals surface area (Å²) in [7, 11) is 0. The molecule has 0 radical (unpaired) electrons. The molecule has 230 valence electrons. The Kier molecular flexibility index (Phi) is 9.64. The zero-order valence-corrected chi connectivity index (χ0v) is 25.7. The lowest BCUT2D eigenvalue weighted by molar-refractivity contribution is -0.153. The van der Waals surface area contributed by atoms with Crippen LogP contribution in [0.4, 0.5) is 0 Å². The molecule has 2 aromatic carbocycles. The molecule has 2 atom stereocenters. The predicted octanol–water partition coefficient (Wildman–Crippen LogP) is 4.20. The van der Waals surface area contributed by atoms with Gasteiger partial charge in [0.05, 0.1) is 13.2 Å². The summed E-state index contributed by atoms with van der Waals surface area (Å²) in [5, 5.41) is 0.789. The molecule has 43 heavy (non-hydrogen) atoms. The Bertz CT molecular complexity index is 1440. The summed E-state index contributed by atoms with van der Waals surface area (Å²) in [6.07, 6.45) is 7.20. The number of para-hydroxylation sites is 2. The summed E-state index contributed by atoms with van der Waals surface area (Å²) in [5.74, 6) is -0.593. The second kappa shape index (κ2) is 13.4. The number of imide groups is 1. The van der Waals surface area contributed by atoms with Crippen molar-refractivity contribution in [2.75, 3.05) is 32.8 Å². The van der Waals surface area contributed by atoms with Crippen molar-refractivity contribution in [3.63, 3.8) is 0 Å². The lowest BCUT2D eigenvalue weighted by Gasteiger charge is -2.47. The fraction of sp³-hybridized carbons (Fsp3) is 0.500. The van der Waals surface area contributed by atoms with Crippen molar-refractivity contribution >= 4 is 28.5 Å². The van der Waals surface area contributed by atoms with Crippen LogP contribution in [0.15, 0.2) is 54.7 Å². The van der Waals surface area contributed by atoms with Crippen molar-refractivity contribution in [1.82, 2.24) is 19.7 Å². The number of nitrogens with one attached hydrogen (secondary N) is 1. The Hall–Kier alpha value is -3.53. The van der Waals surface area contributed by atoms with Gasteiger partial charge in [-0.2, -0.15) is 0 Å². The SMILES string of the molecule is CCOc1ccccc1CN(C(C)=O)C(=O)C(N1CCC(N2CCCCC2)CC1)C(N)(C(C)=O)c1c[nH]c2ccccc12. The Morgan fingerprint density at radius 2 is 1.67 bits per heavy atom. The lowest BCUT2D eigenvalue weighted by Crippen LogP contribution is -2.67. The summed E-state index contributed by atoms with van der Waals surface area (Å²) < 4.78 is 5.81. The predicted molar refractivity (Wildman–Crippen MR) is 167 cm³/mol. The number of benzene rings is 2. The van der Waals surface area contributed by atoms with Gasteiger partial charge in [0.2, 0.25) is 11.8 Å². The number of aromatic nitrogens is 1. The van der Waals surface area contributed by atoms with Gasteiger partial charge in [0.25, 0.3) is 0 Å². The molecule has 0 saturated carbocycles. The largest absolute Gasteiger partial charge is 0.494 e. The van der Waals surface area contributed by atoms with Crippen LogP contribution in [0.5, 0.6) is 5.75 Å². The molecule has 1 aromatic heterocycles. The van der Waals surface area contributed by atoms with Gasteiger partial charge in [-0.05, 0) is 64.8 Å². The molecule has 3 N–H and O–H groups in total. The number of fused-ring (bicyclic) bond motifs is 1. The van der Waals surface area contributed by atoms with E-state index in [2.05, 4.69) is 14.8 Å². The van der Waals surface area contributed by atoms with E-state index in [0.717, 1.165) is 36.8 Å². The minimum absolute atomic E-state index is 0.0208. The molecule has 2 saturated heterocycles. The Labute approximate surface area is 254 Å². The average Bonchev–Trinajstić information content (AvgIpc) is 3.46. The fourth-order valence-corrected chi connectivity index (χ4v) is 6.97. The third kappa shape index (κ3) is 6.25. The van der Waals surface area contributed by atoms with Crippen molar-refractivity contribution in [2.24, 2.45) is 5.73 Å². The van der Waals surface area contributed by atoms with Crippen molar-refractivity contribution in [3.05, 3.63) is 65.9 Å². The molecule has 9 nitrogen and oxygen atoms in total. The van der Waals surface area contributed by atoms with Crippen LogP contribution in [-0.2, 0) is 26.5 Å². The maximum Gasteiger partial charge on any atom is 0.249 e. The molecule has 0 bridgehead atoms. The van der Waals surface area contributed by atoms with E-state index < -0.39 is 23.4 Å². The summed E-state index contributed by atoms with van der Waals surface area (Å²) in [4.78, 5) is 50.9. The van der Waals surface area contributed by atoms with E-state index in [0.29, 0.717) is 42.6 Å². The first-order valence-electron chi connectivity index (χ1n) is 15.6. The third-order valence-electron chi connectivity index (χ3n) is 9.30. The fourth-order valence-electron chi connectivity index (χ4n) is 6.97. The number of piperidine rings is 2. The van der Waals surface area contributed by atoms with Gasteiger partial charge in [-0.25, -0.2) is 0 Å². The number of ether oxygens (including phenoxy) is 1. The van der Waals surface area contributed by atoms with E-state index in [1.165, 1.54) is 38.0 Å². The van der Waals surface area contributed by atoms with Crippen molar-refractivity contribution in [3.8, 4) is 5.75 Å². The Morgan fingerprint density at radius 1 is 1.00 bits per heavy atom. The monoisotopic (exact) mass is 587 g/mol. The highest BCUT2D eigenvalue weighted by Gasteiger charge is 2.52. The van der Waals surface area contributed by atoms with E-state index in [-0.39, 0.29) is 12.3 Å². The van der Waals surface area contributed by atoms with E-state index in [1.54, 1.807) is 6.20 Å². The van der Waals surface area contributed by atoms with Gasteiger partial charge < -0.3 is 20.4 Å². The zero-order valence-electron chi connectivity index (χ0n) is 25.7. The molecule has 9 heteroatoms. The number of nitrogens with zero attached hydrogens (tertiary/aromatic N) is 3. The summed E-state index contributed by atoms with van der Waals surface area (Å²) in [5.41, 5.74) is 7.64. The molecule has 2 amide bonds. The second-order valence-corrected chi connectivity index (χ2v) is 11.9. The van der Waals surface area contributed by atoms with Crippen LogP contribution >= 0.6 is 0 Å². The number of hydrogen-bond acceptors (Lipinski definition) is 7. The van der Waals surface area contributed by atoms with Crippen LogP contribution in [-0.4, -0.2) is 82.2 Å². The average molecular weight is 588 g/mol. The number of carbonyl (C=O) groups is 3. The number of likely N-dealkylation sites (tertiary alicyclic amines) is 2. The maximum absolute atomic E-state index is 14.8. The van der Waals surface area contributed by atoms with Crippen LogP contribution in [0.1, 0.15) is 64.0 Å². The van der Waals surface area contributed by atoms with E-state index in [1.807, 2.05) is 55.5 Å². The van der Waals surface area contributed by atoms with Crippen LogP contribution in [0.2, 0.25) is 0 Å². The maximum atomic E-state index is 14.8. The number of rotatable bonds is 10. The number of Topliss-reactive ketones (excluding diaryl/α,β-unsaturated/α-hetero) is 1. The highest BCUT2D eigenvalue weighted by Crippen LogP contribution is 2.36. The summed E-state index contributed by atoms with van der Waals surface area (Å²) in [6.45, 7) is 8.63. The smallest absolute Gasteiger partial charge is 0.249 e. The topological polar surface area (TPSA) is 112 Å². The molecule has 2 fully saturated rings. The third-order valence-corrected chi connectivity index (χ3v) is 9.30. The molecule has 0 aliphatic carbocycles. The lowest BCUT2D eigenvalue weighted by atomic mass is 9.77. The highest BCUT2D eigenvalue weighted by atomic mass is 16.5. The summed E-state index contributed by atoms with van der Waals surface area (Å²) in [6, 6.07) is 14.4. The number of hydrogen-bond donors (Lipinski definition) is 2. The van der Waals surface area contributed by atoms with Gasteiger partial charge in [0, 0.05) is 54.3 Å². The second-order valence-electron chi connectivity index (χ2n) is 11.9. The normalized spacial score (nSPS) is 19.1. The Morgan fingerprint density at radius 3 is 2.35 bits per heavy atom. The van der Waals surface area contributed by atoms with Gasteiger partial charge in [-0.3, -0.25) is 24.2 Å². The van der Waals surface area contributed by atoms with Gasteiger partial charge in [0.15, 0.2) is 5.78 Å². The zero-order chi connectivity index (χ0) is 30.6. The number of carbonyl (C=O) groups excluding carboxylic acids is 3. The van der Waals surface area contributed by atoms with Crippen molar-refractivity contribution < 1.29 is 19.1 Å². The number of aromatic amines is 1. The molecule has 2 aliphatic heterocycles. The van der Waals surface area contributed by atoms with Gasteiger partial charge >= 0.3 is 0 Å². The molecule has 2 aliphatic rings. The molecular weight excluding hydrogens is 542 g/mol. The minimum Gasteiger partial charge on any atom is -0.494 e. The first-order chi connectivity index (χ1) is 20.8. The quantitative estimate of drug-likeness (QED) is 0.366. The molecular formula is C34H45N5O4. The first kappa shape index (κ1) is 30.9. The molecule has 3 heterocycles. The standard InChI is InChI=1S/C34H45N5O4/c1-4-43-31-15-9-6-12-26(31)23-39(25(3)41)33(42)32(38-20-16-27(17-21-38)37-18-10-5-11-19-37)34(35,24(2)40)29-22-36-30-14-8-7-13-28(29)30/h6-9,12-15,22,27,32,36H,4-5,10-11,16-21,23,35H2,1-3H3. The van der Waals surface area contributed by atoms with Crippen LogP contribution in [0, 0.1) is 0 Å². The number of nitrogens with two attached hydrogens (primary N) is 1.